The summed E-state index contributed by atoms with van der Waals surface area (Å²) in [6, 6.07) is 16.4. The van der Waals surface area contributed by atoms with E-state index in [0.29, 0.717) is 0 Å². The Morgan fingerprint density at radius 3 is 2.42 bits per heavy atom. The normalized spacial score (nSPS) is 25.5. The maximum absolute atomic E-state index is 14.0. The van der Waals surface area contributed by atoms with Crippen LogP contribution < -0.4 is 4.74 Å². The van der Waals surface area contributed by atoms with Crippen LogP contribution in [0.25, 0.3) is 0 Å². The number of hydrogen-bond acceptors (Lipinski definition) is 4. The third-order valence-electron chi connectivity index (χ3n) is 7.79. The summed E-state index contributed by atoms with van der Waals surface area (Å²) in [5.74, 6) is 1.86. The predicted molar refractivity (Wildman–Crippen MR) is 124 cm³/mol. The van der Waals surface area contributed by atoms with Crippen molar-refractivity contribution in [3.63, 3.8) is 0 Å². The van der Waals surface area contributed by atoms with Crippen LogP contribution in [0.2, 0.25) is 0 Å². The van der Waals surface area contributed by atoms with Gasteiger partial charge in [-0.1, -0.05) is 55.7 Å². The summed E-state index contributed by atoms with van der Waals surface area (Å²) in [4.78, 5) is 19.1. The van der Waals surface area contributed by atoms with Crippen molar-refractivity contribution >= 4 is 5.78 Å². The number of fused-ring (bicyclic) bond motifs is 1. The number of ketones is 1. The SMILES string of the molecule is COc1ccc2c(c1)C(=O)C(c1ccccc1)(N1CCN(CC3CCCCC3)CC1)C2. The van der Waals surface area contributed by atoms with Crippen molar-refractivity contribution in [3.8, 4) is 5.75 Å². The molecule has 2 aliphatic carbocycles. The first-order valence-electron chi connectivity index (χ1n) is 12.0. The molecule has 1 aliphatic heterocycles. The predicted octanol–water partition coefficient (Wildman–Crippen LogP) is 4.53. The van der Waals surface area contributed by atoms with Crippen LogP contribution >= 0.6 is 0 Å². The minimum Gasteiger partial charge on any atom is -0.497 e. The van der Waals surface area contributed by atoms with Crippen molar-refractivity contribution in [2.24, 2.45) is 5.92 Å². The van der Waals surface area contributed by atoms with Crippen molar-refractivity contribution in [3.05, 3.63) is 65.2 Å². The topological polar surface area (TPSA) is 32.8 Å². The van der Waals surface area contributed by atoms with Gasteiger partial charge in [0.25, 0.3) is 0 Å². The molecule has 31 heavy (non-hydrogen) atoms. The molecule has 0 aromatic heterocycles. The van der Waals surface area contributed by atoms with Crippen molar-refractivity contribution in [1.29, 1.82) is 0 Å². The second-order valence-corrected chi connectivity index (χ2v) is 9.55. The van der Waals surface area contributed by atoms with Gasteiger partial charge in [-0.25, -0.2) is 0 Å². The van der Waals surface area contributed by atoms with Gasteiger partial charge in [-0.05, 0) is 42.0 Å². The Labute approximate surface area is 186 Å². The van der Waals surface area contributed by atoms with Gasteiger partial charge in [-0.3, -0.25) is 9.69 Å². The van der Waals surface area contributed by atoms with E-state index in [1.165, 1.54) is 38.6 Å². The third-order valence-corrected chi connectivity index (χ3v) is 7.79. The first-order chi connectivity index (χ1) is 15.2. The van der Waals surface area contributed by atoms with Gasteiger partial charge < -0.3 is 9.64 Å². The second kappa shape index (κ2) is 8.76. The van der Waals surface area contributed by atoms with E-state index in [2.05, 4.69) is 40.1 Å². The number of carbonyl (C=O) groups excluding carboxylic acids is 1. The minimum atomic E-state index is -0.590. The van der Waals surface area contributed by atoms with E-state index in [4.69, 9.17) is 4.74 Å². The molecule has 1 saturated carbocycles. The van der Waals surface area contributed by atoms with Gasteiger partial charge in [0.2, 0.25) is 0 Å². The zero-order valence-corrected chi connectivity index (χ0v) is 18.7. The fourth-order valence-corrected chi connectivity index (χ4v) is 6.06. The number of nitrogens with zero attached hydrogens (tertiary/aromatic N) is 2. The van der Waals surface area contributed by atoms with E-state index in [9.17, 15) is 4.79 Å². The molecule has 1 heterocycles. The highest BCUT2D eigenvalue weighted by atomic mass is 16.5. The molecule has 4 heteroatoms. The third kappa shape index (κ3) is 3.81. The highest BCUT2D eigenvalue weighted by Crippen LogP contribution is 2.44. The van der Waals surface area contributed by atoms with Gasteiger partial charge in [0.15, 0.2) is 5.78 Å². The van der Waals surface area contributed by atoms with Crippen LogP contribution in [-0.4, -0.2) is 55.4 Å². The van der Waals surface area contributed by atoms with Gasteiger partial charge in [-0.2, -0.15) is 0 Å². The average Bonchev–Trinajstić information content (AvgIpc) is 3.13. The van der Waals surface area contributed by atoms with Gasteiger partial charge in [0, 0.05) is 44.7 Å². The number of ether oxygens (including phenoxy) is 1. The van der Waals surface area contributed by atoms with Crippen molar-refractivity contribution in [2.45, 2.75) is 44.1 Å². The highest BCUT2D eigenvalue weighted by molar-refractivity contribution is 6.08. The van der Waals surface area contributed by atoms with Crippen LogP contribution in [0.3, 0.4) is 0 Å². The number of benzene rings is 2. The molecule has 0 radical (unpaired) electrons. The summed E-state index contributed by atoms with van der Waals surface area (Å²) < 4.78 is 5.42. The first kappa shape index (κ1) is 20.7. The number of carbonyl (C=O) groups is 1. The summed E-state index contributed by atoms with van der Waals surface area (Å²) in [6.45, 7) is 5.23. The standard InChI is InChI=1S/C27H34N2O2/c1-31-24-13-12-22-19-27(26(30)25(22)18-24,23-10-6-3-7-11-23)29-16-14-28(15-17-29)20-21-8-4-2-5-9-21/h3,6-7,10-13,18,21H,2,4-5,8-9,14-17,19-20H2,1H3. The number of methoxy groups -OCH3 is 1. The molecular formula is C27H34N2O2. The summed E-state index contributed by atoms with van der Waals surface area (Å²) >= 11 is 0. The van der Waals surface area contributed by atoms with Crippen LogP contribution in [0, 0.1) is 5.92 Å². The quantitative estimate of drug-likeness (QED) is 0.714. The van der Waals surface area contributed by atoms with Crippen molar-refractivity contribution < 1.29 is 9.53 Å². The summed E-state index contributed by atoms with van der Waals surface area (Å²) in [7, 11) is 1.66. The molecule has 1 saturated heterocycles. The van der Waals surface area contributed by atoms with E-state index < -0.39 is 5.54 Å². The van der Waals surface area contributed by atoms with Crippen LogP contribution in [0.5, 0.6) is 5.75 Å². The largest absolute Gasteiger partial charge is 0.497 e. The minimum absolute atomic E-state index is 0.230. The molecule has 2 aromatic rings. The lowest BCUT2D eigenvalue weighted by molar-refractivity contribution is 0.0258. The van der Waals surface area contributed by atoms with Gasteiger partial charge in [0.1, 0.15) is 11.3 Å². The average molecular weight is 419 g/mol. The molecule has 0 spiro atoms. The van der Waals surface area contributed by atoms with E-state index in [-0.39, 0.29) is 5.78 Å². The smallest absolute Gasteiger partial charge is 0.188 e. The Morgan fingerprint density at radius 1 is 0.968 bits per heavy atom. The molecule has 3 aliphatic rings. The molecule has 2 aromatic carbocycles. The molecule has 4 nitrogen and oxygen atoms in total. The van der Waals surface area contributed by atoms with Gasteiger partial charge >= 0.3 is 0 Å². The summed E-state index contributed by atoms with van der Waals surface area (Å²) in [5.41, 5.74) is 2.50. The summed E-state index contributed by atoms with van der Waals surface area (Å²) in [6.07, 6.45) is 7.75. The fourth-order valence-electron chi connectivity index (χ4n) is 6.06. The lowest BCUT2D eigenvalue weighted by Gasteiger charge is -2.46. The number of rotatable bonds is 5. The monoisotopic (exact) mass is 418 g/mol. The number of piperazine rings is 1. The molecule has 5 rings (SSSR count). The molecule has 1 unspecified atom stereocenters. The van der Waals surface area contributed by atoms with Gasteiger partial charge in [-0.15, -0.1) is 0 Å². The Kier molecular flexibility index (Phi) is 5.85. The number of Topliss-reactive ketones (excluding diaryl/α,β-unsaturated/α-hetero) is 1. The lowest BCUT2D eigenvalue weighted by Crippen LogP contribution is -2.58. The molecule has 0 amide bonds. The molecular weight excluding hydrogens is 384 g/mol. The van der Waals surface area contributed by atoms with E-state index in [1.54, 1.807) is 7.11 Å². The highest BCUT2D eigenvalue weighted by Gasteiger charge is 2.51. The molecule has 2 fully saturated rings. The summed E-state index contributed by atoms with van der Waals surface area (Å²) in [5, 5.41) is 0. The molecule has 0 N–H and O–H groups in total. The van der Waals surface area contributed by atoms with E-state index in [0.717, 1.165) is 61.0 Å². The zero-order chi connectivity index (χ0) is 21.3. The lowest BCUT2D eigenvalue weighted by atomic mass is 9.83. The van der Waals surface area contributed by atoms with Crippen LogP contribution in [0.15, 0.2) is 48.5 Å². The molecule has 164 valence electrons. The maximum Gasteiger partial charge on any atom is 0.188 e. The van der Waals surface area contributed by atoms with Crippen molar-refractivity contribution in [1.82, 2.24) is 9.80 Å². The Balaban J connectivity index is 1.39. The molecule has 0 bridgehead atoms. The Morgan fingerprint density at radius 2 is 1.71 bits per heavy atom. The Hall–Kier alpha value is -2.17. The molecule has 1 atom stereocenters. The first-order valence-corrected chi connectivity index (χ1v) is 12.0. The second-order valence-electron chi connectivity index (χ2n) is 9.55. The van der Waals surface area contributed by atoms with E-state index in [1.807, 2.05) is 18.2 Å². The van der Waals surface area contributed by atoms with Crippen molar-refractivity contribution in [2.75, 3.05) is 39.8 Å². The maximum atomic E-state index is 14.0. The number of hydrogen-bond donors (Lipinski definition) is 0. The zero-order valence-electron chi connectivity index (χ0n) is 18.7. The fraction of sp³-hybridized carbons (Fsp3) is 0.519. The Bertz CT molecular complexity index is 914. The van der Waals surface area contributed by atoms with Crippen LogP contribution in [0.4, 0.5) is 0 Å². The van der Waals surface area contributed by atoms with E-state index >= 15 is 0 Å². The van der Waals surface area contributed by atoms with Crippen LogP contribution in [0.1, 0.15) is 53.6 Å². The van der Waals surface area contributed by atoms with Crippen LogP contribution in [-0.2, 0) is 12.0 Å². The van der Waals surface area contributed by atoms with Gasteiger partial charge in [0.05, 0.1) is 7.11 Å².